The van der Waals surface area contributed by atoms with Crippen molar-refractivity contribution in [1.29, 1.82) is 0 Å². The Morgan fingerprint density at radius 1 is 1.35 bits per heavy atom. The van der Waals surface area contributed by atoms with E-state index in [1.165, 1.54) is 0 Å². The molecule has 110 valence electrons. The van der Waals surface area contributed by atoms with Crippen LogP contribution in [-0.2, 0) is 10.3 Å². The molecule has 1 aliphatic rings. The summed E-state index contributed by atoms with van der Waals surface area (Å²) >= 11 is 0. The third kappa shape index (κ3) is 3.23. The molecule has 4 N–H and O–H groups in total. The quantitative estimate of drug-likeness (QED) is 0.744. The Hall–Kier alpha value is -1.30. The lowest BCUT2D eigenvalue weighted by molar-refractivity contribution is 0.121. The van der Waals surface area contributed by atoms with Crippen molar-refractivity contribution in [3.8, 4) is 0 Å². The molecule has 2 atom stereocenters. The Morgan fingerprint density at radius 2 is 2.15 bits per heavy atom. The van der Waals surface area contributed by atoms with E-state index in [1.807, 2.05) is 12.1 Å². The van der Waals surface area contributed by atoms with E-state index in [0.717, 1.165) is 43.7 Å². The average molecular weight is 276 g/mol. The van der Waals surface area contributed by atoms with Gasteiger partial charge in [0.25, 0.3) is 0 Å². The van der Waals surface area contributed by atoms with Crippen LogP contribution in [0.25, 0.3) is 0 Å². The molecule has 0 amide bonds. The predicted octanol–water partition coefficient (Wildman–Crippen LogP) is 1.88. The summed E-state index contributed by atoms with van der Waals surface area (Å²) < 4.78 is 5.58. The minimum absolute atomic E-state index is 0.305. The van der Waals surface area contributed by atoms with Gasteiger partial charge in [0.05, 0.1) is 23.0 Å². The van der Waals surface area contributed by atoms with E-state index >= 15 is 0 Å². The fourth-order valence-electron chi connectivity index (χ4n) is 2.41. The summed E-state index contributed by atoms with van der Waals surface area (Å²) in [5.41, 5.74) is 13.6. The van der Waals surface area contributed by atoms with E-state index < -0.39 is 5.54 Å². The highest BCUT2D eigenvalue weighted by Gasteiger charge is 2.38. The Balaban J connectivity index is 1.96. The summed E-state index contributed by atoms with van der Waals surface area (Å²) in [6.07, 6.45) is 7.34. The fourth-order valence-corrected chi connectivity index (χ4v) is 2.41. The number of ether oxygens (including phenoxy) is 1. The second kappa shape index (κ2) is 6.92. The smallest absolute Gasteiger partial charge is 0.0878 e. The number of hydrogen-bond donors (Lipinski definition) is 2. The highest BCUT2D eigenvalue weighted by molar-refractivity contribution is 5.75. The SMILES string of the molecule is CCCCOCCCC1(N)c2ncccc2N=CC1N. The van der Waals surface area contributed by atoms with E-state index in [4.69, 9.17) is 16.2 Å². The lowest BCUT2D eigenvalue weighted by atomic mass is 9.81. The van der Waals surface area contributed by atoms with Crippen LogP contribution in [0.4, 0.5) is 5.69 Å². The number of aromatic nitrogens is 1. The minimum atomic E-state index is -0.646. The molecule has 20 heavy (non-hydrogen) atoms. The molecule has 1 aromatic rings. The Bertz CT molecular complexity index is 463. The zero-order valence-corrected chi connectivity index (χ0v) is 12.1. The first-order valence-electron chi connectivity index (χ1n) is 7.30. The van der Waals surface area contributed by atoms with Crippen molar-refractivity contribution in [3.05, 3.63) is 24.0 Å². The van der Waals surface area contributed by atoms with E-state index in [1.54, 1.807) is 12.4 Å². The first kappa shape index (κ1) is 15.1. The summed E-state index contributed by atoms with van der Waals surface area (Å²) in [5.74, 6) is 0. The number of nitrogens with two attached hydrogens (primary N) is 2. The van der Waals surface area contributed by atoms with Crippen molar-refractivity contribution in [2.45, 2.75) is 44.2 Å². The maximum Gasteiger partial charge on any atom is 0.0878 e. The van der Waals surface area contributed by atoms with Gasteiger partial charge in [-0.1, -0.05) is 13.3 Å². The van der Waals surface area contributed by atoms with Crippen LogP contribution in [0.2, 0.25) is 0 Å². The maximum absolute atomic E-state index is 6.52. The monoisotopic (exact) mass is 276 g/mol. The van der Waals surface area contributed by atoms with Gasteiger partial charge in [-0.15, -0.1) is 0 Å². The van der Waals surface area contributed by atoms with Gasteiger partial charge in [0.2, 0.25) is 0 Å². The molecule has 0 saturated heterocycles. The van der Waals surface area contributed by atoms with Crippen molar-refractivity contribution in [1.82, 2.24) is 4.98 Å². The lowest BCUT2D eigenvalue weighted by Crippen LogP contribution is -2.55. The van der Waals surface area contributed by atoms with Crippen LogP contribution < -0.4 is 11.5 Å². The van der Waals surface area contributed by atoms with Gasteiger partial charge in [-0.05, 0) is 31.4 Å². The summed E-state index contributed by atoms with van der Waals surface area (Å²) in [7, 11) is 0. The van der Waals surface area contributed by atoms with Gasteiger partial charge in [-0.2, -0.15) is 0 Å². The number of nitrogens with zero attached hydrogens (tertiary/aromatic N) is 2. The molecule has 1 aliphatic heterocycles. The molecule has 0 radical (unpaired) electrons. The second-order valence-corrected chi connectivity index (χ2v) is 5.28. The summed E-state index contributed by atoms with van der Waals surface area (Å²) in [5, 5.41) is 0. The van der Waals surface area contributed by atoms with Crippen LogP contribution in [-0.4, -0.2) is 30.5 Å². The summed E-state index contributed by atoms with van der Waals surface area (Å²) in [6, 6.07) is 3.48. The first-order chi connectivity index (χ1) is 9.68. The molecular weight excluding hydrogens is 252 g/mol. The zero-order chi connectivity index (χ0) is 14.4. The molecule has 2 heterocycles. The van der Waals surface area contributed by atoms with E-state index in [9.17, 15) is 0 Å². The van der Waals surface area contributed by atoms with Crippen molar-refractivity contribution >= 4 is 11.9 Å². The van der Waals surface area contributed by atoms with Gasteiger partial charge in [0.15, 0.2) is 0 Å². The average Bonchev–Trinajstić information content (AvgIpc) is 2.47. The molecule has 1 aromatic heterocycles. The Kier molecular flexibility index (Phi) is 5.23. The summed E-state index contributed by atoms with van der Waals surface area (Å²) in [6.45, 7) is 3.68. The van der Waals surface area contributed by atoms with Crippen LogP contribution in [0.3, 0.4) is 0 Å². The molecule has 5 nitrogen and oxygen atoms in total. The van der Waals surface area contributed by atoms with Crippen LogP contribution in [0.5, 0.6) is 0 Å². The molecule has 0 saturated carbocycles. The van der Waals surface area contributed by atoms with E-state index in [0.29, 0.717) is 6.61 Å². The van der Waals surface area contributed by atoms with Gasteiger partial charge < -0.3 is 16.2 Å². The normalized spacial score (nSPS) is 24.6. The highest BCUT2D eigenvalue weighted by atomic mass is 16.5. The Morgan fingerprint density at radius 3 is 2.95 bits per heavy atom. The van der Waals surface area contributed by atoms with Gasteiger partial charge in [-0.3, -0.25) is 9.98 Å². The molecule has 0 spiro atoms. The molecule has 2 rings (SSSR count). The van der Waals surface area contributed by atoms with E-state index in [-0.39, 0.29) is 6.04 Å². The topological polar surface area (TPSA) is 86.5 Å². The number of aliphatic imine (C=N–C) groups is 1. The van der Waals surface area contributed by atoms with Gasteiger partial charge >= 0.3 is 0 Å². The highest BCUT2D eigenvalue weighted by Crippen LogP contribution is 2.34. The lowest BCUT2D eigenvalue weighted by Gasteiger charge is -2.36. The number of rotatable bonds is 7. The largest absolute Gasteiger partial charge is 0.381 e. The standard InChI is InChI=1S/C15H24N4O/c1-2-3-9-20-10-5-7-15(17)13(16)11-19-12-6-4-8-18-14(12)15/h4,6,8,11,13H,2-3,5,7,9-10,16-17H2,1H3. The van der Waals surface area contributed by atoms with Crippen LogP contribution in [0, 0.1) is 0 Å². The van der Waals surface area contributed by atoms with Crippen LogP contribution in [0.1, 0.15) is 38.3 Å². The number of unbranched alkanes of at least 4 members (excludes halogenated alkanes) is 1. The van der Waals surface area contributed by atoms with Crippen LogP contribution in [0.15, 0.2) is 23.3 Å². The third-order valence-corrected chi connectivity index (χ3v) is 3.72. The molecule has 2 unspecified atom stereocenters. The molecule has 0 aliphatic carbocycles. The third-order valence-electron chi connectivity index (χ3n) is 3.72. The number of fused-ring (bicyclic) bond motifs is 1. The first-order valence-corrected chi connectivity index (χ1v) is 7.30. The van der Waals surface area contributed by atoms with Crippen molar-refractivity contribution < 1.29 is 4.74 Å². The predicted molar refractivity (Wildman–Crippen MR) is 81.2 cm³/mol. The second-order valence-electron chi connectivity index (χ2n) is 5.28. The molecular formula is C15H24N4O. The van der Waals surface area contributed by atoms with Gasteiger partial charge in [-0.25, -0.2) is 0 Å². The molecule has 0 aromatic carbocycles. The van der Waals surface area contributed by atoms with Crippen LogP contribution >= 0.6 is 0 Å². The van der Waals surface area contributed by atoms with E-state index in [2.05, 4.69) is 16.9 Å². The summed E-state index contributed by atoms with van der Waals surface area (Å²) in [4.78, 5) is 8.71. The Labute approximate surface area is 120 Å². The molecule has 5 heteroatoms. The van der Waals surface area contributed by atoms with Crippen molar-refractivity contribution in [2.75, 3.05) is 13.2 Å². The zero-order valence-electron chi connectivity index (χ0n) is 12.1. The van der Waals surface area contributed by atoms with Crippen molar-refractivity contribution in [3.63, 3.8) is 0 Å². The van der Waals surface area contributed by atoms with Gasteiger partial charge in [0, 0.05) is 25.6 Å². The molecule has 0 bridgehead atoms. The van der Waals surface area contributed by atoms with Gasteiger partial charge in [0.1, 0.15) is 0 Å². The minimum Gasteiger partial charge on any atom is -0.381 e. The molecule has 0 fully saturated rings. The number of pyridine rings is 1. The maximum atomic E-state index is 6.52. The van der Waals surface area contributed by atoms with Crippen molar-refractivity contribution in [2.24, 2.45) is 16.5 Å². The fraction of sp³-hybridized carbons (Fsp3) is 0.600. The number of hydrogen-bond acceptors (Lipinski definition) is 5.